The molecule has 106 valence electrons. The number of alkyl halides is 9. The van der Waals surface area contributed by atoms with Crippen molar-refractivity contribution in [1.82, 2.24) is 0 Å². The molecule has 0 bridgehead atoms. The van der Waals surface area contributed by atoms with Gasteiger partial charge in [0.2, 0.25) is 0 Å². The molecule has 0 radical (unpaired) electrons. The molecule has 0 aromatic heterocycles. The summed E-state index contributed by atoms with van der Waals surface area (Å²) in [6.07, 6.45) is -7.19. The van der Waals surface area contributed by atoms with Crippen molar-refractivity contribution in [1.29, 1.82) is 5.26 Å². The van der Waals surface area contributed by atoms with E-state index in [2.05, 4.69) is 0 Å². The Hall–Kier alpha value is 0.421. The Labute approximate surface area is 140 Å². The molecular weight excluding hydrogens is 333 g/mol. The number of halogens is 11. The van der Waals surface area contributed by atoms with Crippen LogP contribution in [0, 0.1) is 11.2 Å². The fourth-order valence-electron chi connectivity index (χ4n) is 0.696. The van der Waals surface area contributed by atoms with Crippen molar-refractivity contribution in [2.24, 2.45) is 0 Å². The minimum absolute atomic E-state index is 0. The third kappa shape index (κ3) is 3.20. The van der Waals surface area contributed by atoms with Gasteiger partial charge in [-0.3, -0.25) is 0 Å². The number of nitriles is 1. The van der Waals surface area contributed by atoms with Gasteiger partial charge in [0.15, 0.2) is 0 Å². The van der Waals surface area contributed by atoms with Crippen LogP contribution in [0.4, 0.5) is 48.1 Å². The molecule has 0 aliphatic carbocycles. The first-order valence-electron chi connectivity index (χ1n) is 3.69. The first-order valence-corrected chi connectivity index (χ1v) is 3.69. The largest absolute Gasteiger partial charge is 1.00 e. The Bertz CT molecular complexity index is 368. The third-order valence-corrected chi connectivity index (χ3v) is 1.79. The SMILES string of the molecule is N#C[B-](F)(F)C(F)(F)C(F)(F)C(F)(F)C(F)(F)F.[K+]. The van der Waals surface area contributed by atoms with Crippen LogP contribution in [-0.4, -0.2) is 30.5 Å². The number of nitrogens with zero attached hydrogens (tertiary/aromatic N) is 1. The van der Waals surface area contributed by atoms with Crippen molar-refractivity contribution in [2.45, 2.75) is 23.8 Å². The van der Waals surface area contributed by atoms with E-state index in [1.807, 2.05) is 0 Å². The van der Waals surface area contributed by atoms with Gasteiger partial charge in [0.05, 0.1) is 0 Å². The average molecular weight is 333 g/mol. The van der Waals surface area contributed by atoms with Gasteiger partial charge in [-0.05, 0) is 0 Å². The van der Waals surface area contributed by atoms with Crippen molar-refractivity contribution < 1.29 is 99.5 Å². The van der Waals surface area contributed by atoms with Crippen LogP contribution >= 0.6 is 0 Å². The second kappa shape index (κ2) is 5.66. The summed E-state index contributed by atoms with van der Waals surface area (Å²) in [5.74, 6) is -22.7. The fraction of sp³-hybridized carbons (Fsp3) is 0.800. The van der Waals surface area contributed by atoms with Crippen molar-refractivity contribution >= 4 is 6.70 Å². The number of rotatable bonds is 3. The Kier molecular flexibility index (Phi) is 6.47. The van der Waals surface area contributed by atoms with Gasteiger partial charge in [-0.2, -0.15) is 30.7 Å². The Morgan fingerprint density at radius 2 is 1.05 bits per heavy atom. The molecule has 0 amide bonds. The van der Waals surface area contributed by atoms with Gasteiger partial charge in [0.25, 0.3) is 5.82 Å². The van der Waals surface area contributed by atoms with E-state index in [9.17, 15) is 48.1 Å². The van der Waals surface area contributed by atoms with E-state index in [4.69, 9.17) is 5.26 Å². The van der Waals surface area contributed by atoms with E-state index >= 15 is 0 Å². The van der Waals surface area contributed by atoms with Crippen molar-refractivity contribution in [2.75, 3.05) is 0 Å². The predicted octanol–water partition coefficient (Wildman–Crippen LogP) is 0.442. The molecule has 0 aliphatic heterocycles. The van der Waals surface area contributed by atoms with Crippen LogP contribution in [0.5, 0.6) is 0 Å². The molecular formula is C5BF11KN. The summed E-state index contributed by atoms with van der Waals surface area (Å²) in [6, 6.07) is 0. The quantitative estimate of drug-likeness (QED) is 0.543. The maximum atomic E-state index is 12.3. The van der Waals surface area contributed by atoms with Gasteiger partial charge in [-0.25, -0.2) is 14.0 Å². The van der Waals surface area contributed by atoms with Gasteiger partial charge in [-0.1, -0.05) is 5.97 Å². The molecule has 0 fully saturated rings. The van der Waals surface area contributed by atoms with Crippen molar-refractivity contribution in [3.05, 3.63) is 0 Å². The maximum Gasteiger partial charge on any atom is 1.00 e. The van der Waals surface area contributed by atoms with E-state index in [-0.39, 0.29) is 51.4 Å². The van der Waals surface area contributed by atoms with Gasteiger partial charge < -0.3 is 8.63 Å². The normalized spacial score (nSPS) is 14.6. The molecule has 0 N–H and O–H groups in total. The van der Waals surface area contributed by atoms with E-state index in [0.29, 0.717) is 0 Å². The van der Waals surface area contributed by atoms with Crippen LogP contribution < -0.4 is 51.4 Å². The standard InChI is InChI=1S/C5BF11N.K/c7-2(8,3(9,10)5(13,14)15)4(11,12)6(16,17)1-18;/q-1;+1. The summed E-state index contributed by atoms with van der Waals surface area (Å²) in [7, 11) is 0. The zero-order valence-corrected chi connectivity index (χ0v) is 11.8. The molecule has 0 unspecified atom stereocenters. The zero-order chi connectivity index (χ0) is 15.2. The minimum atomic E-state index is -7.47. The summed E-state index contributed by atoms with van der Waals surface area (Å²) < 4.78 is 132. The Balaban J connectivity index is 0. The second-order valence-corrected chi connectivity index (χ2v) is 3.06. The molecule has 0 rings (SSSR count). The van der Waals surface area contributed by atoms with Gasteiger partial charge in [0.1, 0.15) is 0 Å². The molecule has 0 aliphatic rings. The molecule has 0 saturated carbocycles. The molecule has 0 heterocycles. The Morgan fingerprint density at radius 3 is 1.26 bits per heavy atom. The monoisotopic (exact) mass is 333 g/mol. The molecule has 19 heavy (non-hydrogen) atoms. The van der Waals surface area contributed by atoms with Gasteiger partial charge >= 0.3 is 76.1 Å². The van der Waals surface area contributed by atoms with Crippen molar-refractivity contribution in [3.63, 3.8) is 0 Å². The smallest absolute Gasteiger partial charge is 0.461 e. The number of hydrogen-bond donors (Lipinski definition) is 0. The summed E-state index contributed by atoms with van der Waals surface area (Å²) in [5, 5.41) is 7.45. The van der Waals surface area contributed by atoms with Crippen LogP contribution in [0.25, 0.3) is 0 Å². The fourth-order valence-corrected chi connectivity index (χ4v) is 0.696. The zero-order valence-electron chi connectivity index (χ0n) is 8.68. The molecule has 14 heteroatoms. The van der Waals surface area contributed by atoms with Gasteiger partial charge in [-0.15, -0.1) is 0 Å². The number of hydrogen-bond acceptors (Lipinski definition) is 1. The topological polar surface area (TPSA) is 23.8 Å². The van der Waals surface area contributed by atoms with E-state index in [1.54, 1.807) is 0 Å². The molecule has 0 saturated heterocycles. The first kappa shape index (κ1) is 21.7. The third-order valence-electron chi connectivity index (χ3n) is 1.79. The van der Waals surface area contributed by atoms with Crippen molar-refractivity contribution in [3.8, 4) is 5.97 Å². The molecule has 1 nitrogen and oxygen atoms in total. The van der Waals surface area contributed by atoms with Crippen LogP contribution in [0.2, 0.25) is 0 Å². The molecule has 0 aromatic carbocycles. The first-order chi connectivity index (χ1) is 7.56. The summed E-state index contributed by atoms with van der Waals surface area (Å²) in [4.78, 5) is 0. The summed E-state index contributed by atoms with van der Waals surface area (Å²) >= 11 is 0. The van der Waals surface area contributed by atoms with E-state index < -0.39 is 36.5 Å². The van der Waals surface area contributed by atoms with Gasteiger partial charge in [0, 0.05) is 0 Å². The van der Waals surface area contributed by atoms with Crippen LogP contribution in [-0.2, 0) is 0 Å². The van der Waals surface area contributed by atoms with Crippen LogP contribution in [0.1, 0.15) is 0 Å². The molecule has 0 aromatic rings. The maximum absolute atomic E-state index is 12.3. The Morgan fingerprint density at radius 1 is 0.737 bits per heavy atom. The minimum Gasteiger partial charge on any atom is -0.461 e. The predicted molar refractivity (Wildman–Crippen MR) is 34.5 cm³/mol. The van der Waals surface area contributed by atoms with E-state index in [1.165, 1.54) is 0 Å². The molecule has 0 atom stereocenters. The summed E-state index contributed by atoms with van der Waals surface area (Å²) in [5.41, 5.74) is 0. The molecule has 0 spiro atoms. The second-order valence-electron chi connectivity index (χ2n) is 3.06. The summed E-state index contributed by atoms with van der Waals surface area (Å²) in [6.45, 7) is -7.12. The van der Waals surface area contributed by atoms with E-state index in [0.717, 1.165) is 0 Å². The van der Waals surface area contributed by atoms with Crippen LogP contribution in [0.3, 0.4) is 0 Å². The average Bonchev–Trinajstić information content (AvgIpc) is 2.15. The van der Waals surface area contributed by atoms with Crippen LogP contribution in [0.15, 0.2) is 0 Å².